The van der Waals surface area contributed by atoms with Gasteiger partial charge < -0.3 is 24.8 Å². The molecular weight excluding hydrogens is 356 g/mol. The Kier molecular flexibility index (Phi) is 9.07. The van der Waals surface area contributed by atoms with Crippen molar-refractivity contribution in [2.45, 2.75) is 32.9 Å². The summed E-state index contributed by atoms with van der Waals surface area (Å²) in [6, 6.07) is 11.6. The molecule has 1 heterocycles. The first kappa shape index (κ1) is 21.5. The van der Waals surface area contributed by atoms with Crippen LogP contribution in [0.2, 0.25) is 0 Å². The van der Waals surface area contributed by atoms with Crippen LogP contribution in [0.15, 0.2) is 47.6 Å². The molecule has 1 unspecified atom stereocenters. The summed E-state index contributed by atoms with van der Waals surface area (Å²) >= 11 is 0. The highest BCUT2D eigenvalue weighted by molar-refractivity contribution is 5.79. The molecule has 7 heteroatoms. The van der Waals surface area contributed by atoms with Gasteiger partial charge in [0.1, 0.15) is 11.5 Å². The molecule has 1 aromatic heterocycles. The third-order valence-electron chi connectivity index (χ3n) is 3.83. The Labute approximate surface area is 167 Å². The molecule has 152 valence electrons. The second-order valence-corrected chi connectivity index (χ2v) is 6.32. The Morgan fingerprint density at radius 2 is 1.93 bits per heavy atom. The average molecular weight is 386 g/mol. The van der Waals surface area contributed by atoms with Crippen molar-refractivity contribution in [3.05, 3.63) is 48.2 Å². The number of aliphatic imine (C=N–C) groups is 1. The molecule has 0 aliphatic rings. The van der Waals surface area contributed by atoms with E-state index >= 15 is 0 Å². The Hall–Kier alpha value is -2.80. The molecule has 0 aliphatic carbocycles. The molecule has 1 atom stereocenters. The lowest BCUT2D eigenvalue weighted by Gasteiger charge is -2.18. The number of benzene rings is 1. The minimum atomic E-state index is 0.147. The Morgan fingerprint density at radius 3 is 2.61 bits per heavy atom. The van der Waals surface area contributed by atoms with Crippen LogP contribution >= 0.6 is 0 Å². The Balaban J connectivity index is 1.98. The van der Waals surface area contributed by atoms with Gasteiger partial charge in [0.15, 0.2) is 5.96 Å². The van der Waals surface area contributed by atoms with Crippen molar-refractivity contribution in [1.29, 1.82) is 0 Å². The van der Waals surface area contributed by atoms with Gasteiger partial charge in [0.2, 0.25) is 5.88 Å². The maximum atomic E-state index is 5.97. The molecule has 0 amide bonds. The predicted molar refractivity (Wildman–Crippen MR) is 111 cm³/mol. The lowest BCUT2D eigenvalue weighted by Crippen LogP contribution is -2.43. The number of hydrogen-bond donors (Lipinski definition) is 2. The van der Waals surface area contributed by atoms with Crippen LogP contribution < -0.4 is 20.1 Å². The van der Waals surface area contributed by atoms with E-state index in [1.165, 1.54) is 0 Å². The third kappa shape index (κ3) is 7.08. The second kappa shape index (κ2) is 11.8. The first-order chi connectivity index (χ1) is 13.7. The van der Waals surface area contributed by atoms with Gasteiger partial charge in [-0.05, 0) is 43.7 Å². The summed E-state index contributed by atoms with van der Waals surface area (Å²) < 4.78 is 16.7. The molecule has 0 radical (unpaired) electrons. The molecule has 0 saturated carbocycles. The van der Waals surface area contributed by atoms with Gasteiger partial charge in [0.05, 0.1) is 13.2 Å². The number of pyridine rings is 1. The lowest BCUT2D eigenvalue weighted by atomic mass is 10.2. The Morgan fingerprint density at radius 1 is 1.18 bits per heavy atom. The van der Waals surface area contributed by atoms with Gasteiger partial charge in [0.25, 0.3) is 0 Å². The Bertz CT molecular complexity index is 735. The van der Waals surface area contributed by atoms with Crippen molar-refractivity contribution in [1.82, 2.24) is 15.6 Å². The first-order valence-electron chi connectivity index (χ1n) is 9.47. The van der Waals surface area contributed by atoms with Gasteiger partial charge in [-0.15, -0.1) is 0 Å². The van der Waals surface area contributed by atoms with Gasteiger partial charge in [-0.25, -0.2) is 4.98 Å². The normalized spacial score (nSPS) is 12.4. The number of rotatable bonds is 10. The molecule has 0 bridgehead atoms. The maximum absolute atomic E-state index is 5.97. The van der Waals surface area contributed by atoms with Crippen molar-refractivity contribution in [3.63, 3.8) is 0 Å². The molecule has 0 saturated heterocycles. The molecule has 0 aliphatic heterocycles. The van der Waals surface area contributed by atoms with Gasteiger partial charge in [-0.2, -0.15) is 0 Å². The molecule has 1 aromatic carbocycles. The van der Waals surface area contributed by atoms with E-state index in [4.69, 9.17) is 14.2 Å². The summed E-state index contributed by atoms with van der Waals surface area (Å²) in [6.07, 6.45) is 2.69. The topological polar surface area (TPSA) is 77.0 Å². The van der Waals surface area contributed by atoms with Crippen molar-refractivity contribution in [2.75, 3.05) is 27.4 Å². The molecule has 2 N–H and O–H groups in total. The van der Waals surface area contributed by atoms with Crippen LogP contribution in [-0.4, -0.2) is 44.4 Å². The molecule has 0 fully saturated rings. The number of methoxy groups -OCH3 is 1. The van der Waals surface area contributed by atoms with E-state index < -0.39 is 0 Å². The van der Waals surface area contributed by atoms with E-state index in [2.05, 4.69) is 27.5 Å². The van der Waals surface area contributed by atoms with Crippen molar-refractivity contribution < 1.29 is 14.2 Å². The van der Waals surface area contributed by atoms with Crippen LogP contribution in [0, 0.1) is 0 Å². The van der Waals surface area contributed by atoms with Gasteiger partial charge in [-0.1, -0.05) is 13.0 Å². The van der Waals surface area contributed by atoms with Gasteiger partial charge >= 0.3 is 0 Å². The number of guanidine groups is 1. The van der Waals surface area contributed by atoms with E-state index in [0.29, 0.717) is 37.3 Å². The molecule has 2 aromatic rings. The third-order valence-corrected chi connectivity index (χ3v) is 3.83. The van der Waals surface area contributed by atoms with Crippen LogP contribution in [0.3, 0.4) is 0 Å². The first-order valence-corrected chi connectivity index (χ1v) is 9.47. The fourth-order valence-corrected chi connectivity index (χ4v) is 2.48. The second-order valence-electron chi connectivity index (χ2n) is 6.32. The highest BCUT2D eigenvalue weighted by Gasteiger charge is 2.09. The quantitative estimate of drug-likeness (QED) is 0.482. The van der Waals surface area contributed by atoms with Crippen LogP contribution in [-0.2, 0) is 11.3 Å². The molecule has 7 nitrogen and oxygen atoms in total. The highest BCUT2D eigenvalue weighted by Crippen LogP contribution is 2.25. The summed E-state index contributed by atoms with van der Waals surface area (Å²) in [7, 11) is 3.41. The molecular formula is C21H30N4O3. The number of nitrogens with one attached hydrogen (secondary N) is 2. The number of hydrogen-bond acceptors (Lipinski definition) is 5. The van der Waals surface area contributed by atoms with Crippen LogP contribution in [0.5, 0.6) is 17.4 Å². The molecule has 28 heavy (non-hydrogen) atoms. The minimum absolute atomic E-state index is 0.147. The van der Waals surface area contributed by atoms with Gasteiger partial charge in [-0.3, -0.25) is 4.99 Å². The standard InChI is InChI=1S/C21H30N4O3/c1-5-13-27-18-8-10-19(11-9-18)28-20-17(7-6-12-23-20)14-24-21(22-3)25-16(2)15-26-4/h6-12,16H,5,13-15H2,1-4H3,(H2,22,24,25). The summed E-state index contributed by atoms with van der Waals surface area (Å²) in [5.74, 6) is 2.78. The van der Waals surface area contributed by atoms with E-state index in [0.717, 1.165) is 17.7 Å². The molecule has 2 rings (SSSR count). The van der Waals surface area contributed by atoms with E-state index in [9.17, 15) is 0 Å². The zero-order valence-electron chi connectivity index (χ0n) is 17.1. The van der Waals surface area contributed by atoms with Crippen LogP contribution in [0.1, 0.15) is 25.8 Å². The largest absolute Gasteiger partial charge is 0.494 e. The zero-order chi connectivity index (χ0) is 20.2. The minimum Gasteiger partial charge on any atom is -0.494 e. The highest BCUT2D eigenvalue weighted by atomic mass is 16.5. The smallest absolute Gasteiger partial charge is 0.224 e. The average Bonchev–Trinajstić information content (AvgIpc) is 2.71. The summed E-state index contributed by atoms with van der Waals surface area (Å²) in [4.78, 5) is 8.60. The molecule has 0 spiro atoms. The summed E-state index contributed by atoms with van der Waals surface area (Å²) in [5, 5.41) is 6.55. The van der Waals surface area contributed by atoms with Crippen molar-refractivity contribution in [3.8, 4) is 17.4 Å². The van der Waals surface area contributed by atoms with Gasteiger partial charge in [0, 0.05) is 38.5 Å². The van der Waals surface area contributed by atoms with E-state index in [-0.39, 0.29) is 6.04 Å². The fraction of sp³-hybridized carbons (Fsp3) is 0.429. The monoisotopic (exact) mass is 386 g/mol. The fourth-order valence-electron chi connectivity index (χ4n) is 2.48. The predicted octanol–water partition coefficient (Wildman–Crippen LogP) is 3.36. The van der Waals surface area contributed by atoms with Crippen LogP contribution in [0.25, 0.3) is 0 Å². The summed E-state index contributed by atoms with van der Waals surface area (Å²) in [6.45, 7) is 5.94. The number of aromatic nitrogens is 1. The van der Waals surface area contributed by atoms with Crippen LogP contribution in [0.4, 0.5) is 0 Å². The number of nitrogens with zero attached hydrogens (tertiary/aromatic N) is 2. The SMILES string of the molecule is CCCOc1ccc(Oc2ncccc2CNC(=NC)NC(C)COC)cc1. The number of ether oxygens (including phenoxy) is 3. The van der Waals surface area contributed by atoms with Crippen molar-refractivity contribution >= 4 is 5.96 Å². The summed E-state index contributed by atoms with van der Waals surface area (Å²) in [5.41, 5.74) is 0.927. The van der Waals surface area contributed by atoms with E-state index in [1.807, 2.05) is 43.3 Å². The zero-order valence-corrected chi connectivity index (χ0v) is 17.1. The van der Waals surface area contributed by atoms with Crippen molar-refractivity contribution in [2.24, 2.45) is 4.99 Å². The lowest BCUT2D eigenvalue weighted by molar-refractivity contribution is 0.179. The maximum Gasteiger partial charge on any atom is 0.224 e. The van der Waals surface area contributed by atoms with E-state index in [1.54, 1.807) is 20.4 Å².